The second-order valence-corrected chi connectivity index (χ2v) is 5.23. The highest BCUT2D eigenvalue weighted by molar-refractivity contribution is 5.51. The molecule has 1 aliphatic carbocycles. The molecule has 1 saturated carbocycles. The van der Waals surface area contributed by atoms with Gasteiger partial charge in [-0.3, -0.25) is 0 Å². The van der Waals surface area contributed by atoms with Gasteiger partial charge in [-0.25, -0.2) is 4.98 Å². The van der Waals surface area contributed by atoms with Crippen molar-refractivity contribution in [2.45, 2.75) is 27.2 Å². The lowest BCUT2D eigenvalue weighted by molar-refractivity contribution is 0.573. The monoisotopic (exact) mass is 219 g/mol. The molecule has 1 heterocycles. The molecular weight excluding hydrogens is 198 g/mol. The molecule has 16 heavy (non-hydrogen) atoms. The molecule has 3 heteroatoms. The van der Waals surface area contributed by atoms with Crippen LogP contribution in [0.25, 0.3) is 0 Å². The van der Waals surface area contributed by atoms with E-state index in [4.69, 9.17) is 0 Å². The molecule has 0 aliphatic heterocycles. The first-order valence-corrected chi connectivity index (χ1v) is 6.05. The number of pyridine rings is 1. The number of aromatic nitrogens is 1. The predicted molar refractivity (Wildman–Crippen MR) is 68.8 cm³/mol. The maximum absolute atomic E-state index is 4.25. The summed E-state index contributed by atoms with van der Waals surface area (Å²) in [5.41, 5.74) is 1.71. The quantitative estimate of drug-likeness (QED) is 0.799. The third-order valence-corrected chi connectivity index (χ3v) is 3.39. The van der Waals surface area contributed by atoms with E-state index < -0.39 is 0 Å². The maximum atomic E-state index is 4.25. The number of nitrogens with one attached hydrogen (secondary N) is 2. The number of nitrogens with zero attached hydrogens (tertiary/aromatic N) is 1. The van der Waals surface area contributed by atoms with E-state index in [-0.39, 0.29) is 0 Å². The van der Waals surface area contributed by atoms with E-state index in [1.165, 1.54) is 6.42 Å². The number of hydrogen-bond donors (Lipinski definition) is 2. The van der Waals surface area contributed by atoms with E-state index in [0.29, 0.717) is 5.41 Å². The van der Waals surface area contributed by atoms with E-state index >= 15 is 0 Å². The summed E-state index contributed by atoms with van der Waals surface area (Å²) in [5, 5.41) is 6.70. The maximum Gasteiger partial charge on any atom is 0.127 e. The second kappa shape index (κ2) is 4.32. The normalized spacial score (nSPS) is 21.6. The lowest BCUT2D eigenvalue weighted by Gasteiger charge is -2.09. The van der Waals surface area contributed by atoms with Gasteiger partial charge in [0.25, 0.3) is 0 Å². The predicted octanol–water partition coefficient (Wildman–Crippen LogP) is 2.97. The molecule has 1 aliphatic rings. The van der Waals surface area contributed by atoms with Crippen molar-refractivity contribution in [2.75, 3.05) is 23.7 Å². The fourth-order valence-electron chi connectivity index (χ4n) is 1.98. The van der Waals surface area contributed by atoms with Crippen molar-refractivity contribution in [3.63, 3.8) is 0 Å². The fourth-order valence-corrected chi connectivity index (χ4v) is 1.98. The van der Waals surface area contributed by atoms with Crippen molar-refractivity contribution in [1.82, 2.24) is 4.98 Å². The molecular formula is C13H21N3. The molecule has 1 aromatic heterocycles. The molecule has 0 bridgehead atoms. The Balaban J connectivity index is 1.87. The lowest BCUT2D eigenvalue weighted by Crippen LogP contribution is -2.08. The van der Waals surface area contributed by atoms with Crippen LogP contribution in [0, 0.1) is 11.3 Å². The van der Waals surface area contributed by atoms with Crippen molar-refractivity contribution in [2.24, 2.45) is 11.3 Å². The van der Waals surface area contributed by atoms with Crippen LogP contribution in [0.1, 0.15) is 27.2 Å². The largest absolute Gasteiger partial charge is 0.385 e. The molecule has 3 nitrogen and oxygen atoms in total. The van der Waals surface area contributed by atoms with Crippen LogP contribution in [0.3, 0.4) is 0 Å². The van der Waals surface area contributed by atoms with E-state index in [1.807, 2.05) is 12.3 Å². The van der Waals surface area contributed by atoms with Gasteiger partial charge >= 0.3 is 0 Å². The van der Waals surface area contributed by atoms with Crippen LogP contribution >= 0.6 is 0 Å². The van der Waals surface area contributed by atoms with E-state index in [1.54, 1.807) is 0 Å². The smallest absolute Gasteiger partial charge is 0.127 e. The molecule has 0 radical (unpaired) electrons. The topological polar surface area (TPSA) is 37.0 Å². The van der Waals surface area contributed by atoms with Crippen LogP contribution in [-0.2, 0) is 0 Å². The van der Waals surface area contributed by atoms with Crippen LogP contribution < -0.4 is 10.6 Å². The molecule has 88 valence electrons. The first-order valence-electron chi connectivity index (χ1n) is 6.05. The van der Waals surface area contributed by atoms with Gasteiger partial charge in [0.15, 0.2) is 0 Å². The minimum absolute atomic E-state index is 0.546. The highest BCUT2D eigenvalue weighted by atomic mass is 15.0. The van der Waals surface area contributed by atoms with Crippen molar-refractivity contribution in [3.8, 4) is 0 Å². The summed E-state index contributed by atoms with van der Waals surface area (Å²) in [6.45, 7) is 8.72. The first-order chi connectivity index (χ1) is 7.62. The average Bonchev–Trinajstić information content (AvgIpc) is 2.85. The molecule has 0 saturated heterocycles. The van der Waals surface area contributed by atoms with E-state index in [0.717, 1.165) is 30.5 Å². The van der Waals surface area contributed by atoms with Crippen LogP contribution in [0.4, 0.5) is 11.5 Å². The molecule has 2 N–H and O–H groups in total. The first kappa shape index (κ1) is 11.2. The number of rotatable bonds is 5. The molecule has 0 aromatic carbocycles. The van der Waals surface area contributed by atoms with Gasteiger partial charge in [-0.05, 0) is 30.7 Å². The highest BCUT2D eigenvalue weighted by Crippen LogP contribution is 2.51. The Kier molecular flexibility index (Phi) is 3.03. The second-order valence-electron chi connectivity index (χ2n) is 5.23. The Hall–Kier alpha value is -1.25. The Morgan fingerprint density at radius 3 is 2.81 bits per heavy atom. The molecule has 1 unspecified atom stereocenters. The molecule has 2 rings (SSSR count). The molecule has 1 aromatic rings. The number of hydrogen-bond acceptors (Lipinski definition) is 3. The minimum Gasteiger partial charge on any atom is -0.385 e. The van der Waals surface area contributed by atoms with Gasteiger partial charge in [0.1, 0.15) is 5.82 Å². The van der Waals surface area contributed by atoms with Gasteiger partial charge < -0.3 is 10.6 Å². The zero-order valence-electron chi connectivity index (χ0n) is 10.4. The van der Waals surface area contributed by atoms with Crippen molar-refractivity contribution in [1.29, 1.82) is 0 Å². The van der Waals surface area contributed by atoms with Crippen molar-refractivity contribution < 1.29 is 0 Å². The summed E-state index contributed by atoms with van der Waals surface area (Å²) >= 11 is 0. The molecule has 1 fully saturated rings. The molecule has 1 atom stereocenters. The molecule has 0 amide bonds. The third kappa shape index (κ3) is 2.65. The zero-order valence-corrected chi connectivity index (χ0v) is 10.4. The Bertz CT molecular complexity index is 360. The standard InChI is InChI=1S/C13H21N3/c1-4-14-12-7-11(5-6-15-12)16-9-10-8-13(10,2)3/h5-7,10H,4,8-9H2,1-3H3,(H2,14,15,16). The zero-order chi connectivity index (χ0) is 11.6. The van der Waals surface area contributed by atoms with Crippen LogP contribution in [-0.4, -0.2) is 18.1 Å². The SMILES string of the molecule is CCNc1cc(NCC2CC2(C)C)ccn1. The Labute approximate surface area is 97.7 Å². The summed E-state index contributed by atoms with van der Waals surface area (Å²) in [4.78, 5) is 4.25. The van der Waals surface area contributed by atoms with E-state index in [2.05, 4.69) is 42.5 Å². The molecule has 0 spiro atoms. The van der Waals surface area contributed by atoms with Gasteiger partial charge in [0.05, 0.1) is 0 Å². The van der Waals surface area contributed by atoms with Gasteiger partial charge in [0.2, 0.25) is 0 Å². The fraction of sp³-hybridized carbons (Fsp3) is 0.615. The number of anilines is 2. The summed E-state index contributed by atoms with van der Waals surface area (Å²) in [5.74, 6) is 1.77. The Morgan fingerprint density at radius 2 is 2.19 bits per heavy atom. The van der Waals surface area contributed by atoms with Gasteiger partial charge in [0, 0.05) is 31.0 Å². The third-order valence-electron chi connectivity index (χ3n) is 3.39. The van der Waals surface area contributed by atoms with Gasteiger partial charge in [-0.2, -0.15) is 0 Å². The summed E-state index contributed by atoms with van der Waals surface area (Å²) in [6, 6.07) is 4.09. The summed E-state index contributed by atoms with van der Waals surface area (Å²) in [6.07, 6.45) is 3.18. The van der Waals surface area contributed by atoms with Crippen LogP contribution in [0.5, 0.6) is 0 Å². The van der Waals surface area contributed by atoms with Crippen molar-refractivity contribution in [3.05, 3.63) is 18.3 Å². The van der Waals surface area contributed by atoms with Crippen LogP contribution in [0.15, 0.2) is 18.3 Å². The van der Waals surface area contributed by atoms with Crippen molar-refractivity contribution >= 4 is 11.5 Å². The summed E-state index contributed by atoms with van der Waals surface area (Å²) in [7, 11) is 0. The average molecular weight is 219 g/mol. The summed E-state index contributed by atoms with van der Waals surface area (Å²) < 4.78 is 0. The van der Waals surface area contributed by atoms with E-state index in [9.17, 15) is 0 Å². The highest BCUT2D eigenvalue weighted by Gasteiger charge is 2.44. The van der Waals surface area contributed by atoms with Crippen LogP contribution in [0.2, 0.25) is 0 Å². The lowest BCUT2D eigenvalue weighted by atomic mass is 10.1. The van der Waals surface area contributed by atoms with Gasteiger partial charge in [-0.15, -0.1) is 0 Å². The minimum atomic E-state index is 0.546. The van der Waals surface area contributed by atoms with Gasteiger partial charge in [-0.1, -0.05) is 13.8 Å². The Morgan fingerprint density at radius 1 is 1.44 bits per heavy atom.